The van der Waals surface area contributed by atoms with E-state index in [1.165, 1.54) is 11.1 Å². The molecule has 0 N–H and O–H groups in total. The average molecular weight is 368 g/mol. The molecule has 0 bridgehead atoms. The van der Waals surface area contributed by atoms with Gasteiger partial charge in [0.2, 0.25) is 5.91 Å². The van der Waals surface area contributed by atoms with Crippen LogP contribution in [0.2, 0.25) is 0 Å². The van der Waals surface area contributed by atoms with Crippen molar-refractivity contribution in [2.75, 3.05) is 26.2 Å². The van der Waals surface area contributed by atoms with E-state index < -0.39 is 0 Å². The van der Waals surface area contributed by atoms with Crippen molar-refractivity contribution in [3.8, 4) is 0 Å². The van der Waals surface area contributed by atoms with Gasteiger partial charge in [-0.3, -0.25) is 9.69 Å². The Bertz CT molecular complexity index is 753. The number of carbonyl (C=O) groups is 1. The largest absolute Gasteiger partial charge is 0.468 e. The number of rotatable bonds is 6. The number of hydrogen-bond donors (Lipinski definition) is 0. The van der Waals surface area contributed by atoms with Crippen molar-refractivity contribution in [1.82, 2.24) is 9.80 Å². The Hall–Kier alpha value is -2.11. The van der Waals surface area contributed by atoms with Gasteiger partial charge in [-0.1, -0.05) is 24.3 Å². The fourth-order valence-corrected chi connectivity index (χ4v) is 3.99. The first-order valence-corrected chi connectivity index (χ1v) is 9.88. The molecule has 2 aliphatic rings. The quantitative estimate of drug-likeness (QED) is 0.785. The van der Waals surface area contributed by atoms with Crippen LogP contribution in [0.3, 0.4) is 0 Å². The second-order valence-corrected chi connectivity index (χ2v) is 7.76. The van der Waals surface area contributed by atoms with Crippen LogP contribution in [0.25, 0.3) is 0 Å². The average Bonchev–Trinajstić information content (AvgIpc) is 3.15. The number of ether oxygens (including phenoxy) is 1. The third-order valence-electron chi connectivity index (χ3n) is 5.71. The molecule has 2 saturated heterocycles. The number of aryl methyl sites for hydroxylation is 1. The Morgan fingerprint density at radius 3 is 2.81 bits per heavy atom. The first-order chi connectivity index (χ1) is 13.2. The molecule has 3 heterocycles. The molecule has 27 heavy (non-hydrogen) atoms. The van der Waals surface area contributed by atoms with Gasteiger partial charge >= 0.3 is 0 Å². The van der Waals surface area contributed by atoms with Gasteiger partial charge in [-0.15, -0.1) is 0 Å². The molecule has 0 saturated carbocycles. The summed E-state index contributed by atoms with van der Waals surface area (Å²) in [5.74, 6) is 1.36. The van der Waals surface area contributed by atoms with Crippen molar-refractivity contribution >= 4 is 5.91 Å². The van der Waals surface area contributed by atoms with E-state index in [9.17, 15) is 4.79 Å². The third-order valence-corrected chi connectivity index (χ3v) is 5.71. The molecule has 1 atom stereocenters. The van der Waals surface area contributed by atoms with Gasteiger partial charge < -0.3 is 14.1 Å². The van der Waals surface area contributed by atoms with Gasteiger partial charge in [0.25, 0.3) is 0 Å². The molecule has 2 aliphatic heterocycles. The number of likely N-dealkylation sites (tertiary alicyclic amines) is 2. The molecule has 0 aliphatic carbocycles. The number of carbonyl (C=O) groups excluding carboxylic acids is 1. The summed E-state index contributed by atoms with van der Waals surface area (Å²) >= 11 is 0. The minimum atomic E-state index is 0.103. The number of amides is 1. The first-order valence-electron chi connectivity index (χ1n) is 9.88. The summed E-state index contributed by atoms with van der Waals surface area (Å²) in [6, 6.07) is 12.2. The zero-order valence-corrected chi connectivity index (χ0v) is 16.0. The first kappa shape index (κ1) is 18.3. The molecular weight excluding hydrogens is 340 g/mol. The van der Waals surface area contributed by atoms with Gasteiger partial charge in [-0.05, 0) is 49.6 Å². The highest BCUT2D eigenvalue weighted by Gasteiger charge is 2.36. The molecule has 2 aromatic rings. The van der Waals surface area contributed by atoms with Crippen LogP contribution in [-0.4, -0.2) is 48.0 Å². The fourth-order valence-electron chi connectivity index (χ4n) is 3.99. The Balaban J connectivity index is 1.22. The van der Waals surface area contributed by atoms with E-state index in [1.54, 1.807) is 6.26 Å². The Morgan fingerprint density at radius 2 is 2.04 bits per heavy atom. The Labute approximate surface area is 160 Å². The SMILES string of the molecule is Cc1ccccc1COC1CN(C(=O)[C@@H]2CCCN(Cc3ccco3)C2)C1. The van der Waals surface area contributed by atoms with Crippen LogP contribution in [0.4, 0.5) is 0 Å². The summed E-state index contributed by atoms with van der Waals surface area (Å²) < 4.78 is 11.4. The van der Waals surface area contributed by atoms with Crippen molar-refractivity contribution in [2.45, 2.75) is 39.0 Å². The van der Waals surface area contributed by atoms with Gasteiger partial charge in [0, 0.05) is 19.6 Å². The normalized spacial score (nSPS) is 21.2. The van der Waals surface area contributed by atoms with Gasteiger partial charge in [0.15, 0.2) is 0 Å². The Morgan fingerprint density at radius 1 is 1.19 bits per heavy atom. The van der Waals surface area contributed by atoms with E-state index in [-0.39, 0.29) is 17.9 Å². The van der Waals surface area contributed by atoms with Crippen LogP contribution < -0.4 is 0 Å². The number of nitrogens with zero attached hydrogens (tertiary/aromatic N) is 2. The van der Waals surface area contributed by atoms with E-state index in [1.807, 2.05) is 29.2 Å². The zero-order chi connectivity index (χ0) is 18.6. The summed E-state index contributed by atoms with van der Waals surface area (Å²) in [6.45, 7) is 6.82. The van der Waals surface area contributed by atoms with E-state index >= 15 is 0 Å². The molecule has 1 amide bonds. The zero-order valence-electron chi connectivity index (χ0n) is 16.0. The van der Waals surface area contributed by atoms with Crippen LogP contribution in [0, 0.1) is 12.8 Å². The fraction of sp³-hybridized carbons (Fsp3) is 0.500. The molecular formula is C22H28N2O3. The molecule has 0 unspecified atom stereocenters. The maximum atomic E-state index is 12.8. The predicted molar refractivity (Wildman–Crippen MR) is 103 cm³/mol. The van der Waals surface area contributed by atoms with Crippen LogP contribution in [0.5, 0.6) is 0 Å². The Kier molecular flexibility index (Phi) is 5.60. The second-order valence-electron chi connectivity index (χ2n) is 7.76. The standard InChI is InChI=1S/C22H28N2O3/c1-17-6-2-3-7-19(17)16-27-21-14-24(15-21)22(25)18-8-4-10-23(12-18)13-20-9-5-11-26-20/h2-3,5-7,9,11,18,21H,4,8,10,12-16H2,1H3/t18-/m1/s1. The van der Waals surface area contributed by atoms with E-state index in [4.69, 9.17) is 9.15 Å². The summed E-state index contributed by atoms with van der Waals surface area (Å²) in [7, 11) is 0. The molecule has 5 heteroatoms. The molecule has 1 aromatic heterocycles. The van der Waals surface area contributed by atoms with Crippen molar-refractivity contribution in [2.24, 2.45) is 5.92 Å². The van der Waals surface area contributed by atoms with Crippen molar-refractivity contribution < 1.29 is 13.9 Å². The molecule has 5 nitrogen and oxygen atoms in total. The van der Waals surface area contributed by atoms with Crippen LogP contribution in [-0.2, 0) is 22.7 Å². The molecule has 0 spiro atoms. The minimum absolute atomic E-state index is 0.103. The number of hydrogen-bond acceptors (Lipinski definition) is 4. The maximum Gasteiger partial charge on any atom is 0.227 e. The van der Waals surface area contributed by atoms with Gasteiger partial charge in [0.05, 0.1) is 31.4 Å². The van der Waals surface area contributed by atoms with Crippen molar-refractivity contribution in [3.63, 3.8) is 0 Å². The van der Waals surface area contributed by atoms with Crippen LogP contribution >= 0.6 is 0 Å². The second kappa shape index (κ2) is 8.28. The summed E-state index contributed by atoms with van der Waals surface area (Å²) in [4.78, 5) is 17.1. The monoisotopic (exact) mass is 368 g/mol. The van der Waals surface area contributed by atoms with E-state index in [0.717, 1.165) is 51.3 Å². The summed E-state index contributed by atoms with van der Waals surface area (Å²) in [5, 5.41) is 0. The smallest absolute Gasteiger partial charge is 0.227 e. The minimum Gasteiger partial charge on any atom is -0.468 e. The summed E-state index contributed by atoms with van der Waals surface area (Å²) in [6.07, 6.45) is 3.92. The van der Waals surface area contributed by atoms with E-state index in [0.29, 0.717) is 6.61 Å². The molecule has 0 radical (unpaired) electrons. The number of benzene rings is 1. The van der Waals surface area contributed by atoms with Crippen molar-refractivity contribution in [3.05, 3.63) is 59.5 Å². The van der Waals surface area contributed by atoms with E-state index in [2.05, 4.69) is 24.0 Å². The highest BCUT2D eigenvalue weighted by molar-refractivity contribution is 5.80. The molecule has 2 fully saturated rings. The highest BCUT2D eigenvalue weighted by Crippen LogP contribution is 2.24. The molecule has 4 rings (SSSR count). The lowest BCUT2D eigenvalue weighted by molar-refractivity contribution is -0.152. The van der Waals surface area contributed by atoms with Crippen LogP contribution in [0.15, 0.2) is 47.1 Å². The lowest BCUT2D eigenvalue weighted by Crippen LogP contribution is -2.57. The lowest BCUT2D eigenvalue weighted by atomic mass is 9.94. The number of furan rings is 1. The van der Waals surface area contributed by atoms with Crippen LogP contribution in [0.1, 0.15) is 29.7 Å². The highest BCUT2D eigenvalue weighted by atomic mass is 16.5. The predicted octanol–water partition coefficient (Wildman–Crippen LogP) is 3.23. The lowest BCUT2D eigenvalue weighted by Gasteiger charge is -2.42. The summed E-state index contributed by atoms with van der Waals surface area (Å²) in [5.41, 5.74) is 2.48. The molecule has 144 valence electrons. The van der Waals surface area contributed by atoms with Gasteiger partial charge in [0.1, 0.15) is 5.76 Å². The van der Waals surface area contributed by atoms with Gasteiger partial charge in [-0.2, -0.15) is 0 Å². The molecule has 1 aromatic carbocycles. The topological polar surface area (TPSA) is 45.9 Å². The third kappa shape index (κ3) is 4.42. The number of piperidine rings is 1. The van der Waals surface area contributed by atoms with Gasteiger partial charge in [-0.25, -0.2) is 0 Å². The maximum absolute atomic E-state index is 12.8. The van der Waals surface area contributed by atoms with Crippen molar-refractivity contribution in [1.29, 1.82) is 0 Å².